The Balaban J connectivity index is 2.05. The fourth-order valence-electron chi connectivity index (χ4n) is 8.77. The van der Waals surface area contributed by atoms with Gasteiger partial charge in [-0.1, -0.05) is 188 Å². The highest BCUT2D eigenvalue weighted by atomic mass is 27.2. The summed E-state index contributed by atoms with van der Waals surface area (Å²) in [5.41, 5.74) is 5.31. The van der Waals surface area contributed by atoms with Gasteiger partial charge in [-0.3, -0.25) is 0 Å². The molecule has 0 aliphatic carbocycles. The Labute approximate surface area is 271 Å². The van der Waals surface area contributed by atoms with Crippen molar-refractivity contribution in [2.24, 2.45) is 17.8 Å². The molecular formula is C42H63Al. The molecule has 0 nitrogen and oxygen atoms in total. The molecule has 3 aromatic rings. The van der Waals surface area contributed by atoms with Gasteiger partial charge in [-0.15, -0.1) is 0 Å². The highest BCUT2D eigenvalue weighted by Gasteiger charge is 2.43. The van der Waals surface area contributed by atoms with E-state index in [9.17, 15) is 0 Å². The summed E-state index contributed by atoms with van der Waals surface area (Å²) in [5, 5.41) is 4.35. The Hall–Kier alpha value is -1.81. The number of hydrogen-bond donors (Lipinski definition) is 0. The van der Waals surface area contributed by atoms with Crippen LogP contribution in [-0.2, 0) is 16.2 Å². The van der Waals surface area contributed by atoms with Crippen LogP contribution in [0.5, 0.6) is 0 Å². The average Bonchev–Trinajstić information content (AvgIpc) is 3.08. The molecule has 1 heteroatoms. The zero-order valence-corrected chi connectivity index (χ0v) is 30.5. The molecular weight excluding hydrogens is 531 g/mol. The molecule has 0 spiro atoms. The van der Waals surface area contributed by atoms with Crippen LogP contribution in [0.2, 0.25) is 15.8 Å². The number of rotatable bonds is 18. The van der Waals surface area contributed by atoms with Crippen LogP contribution in [0, 0.1) is 17.8 Å². The maximum Gasteiger partial charge on any atom is 0.262 e. The van der Waals surface area contributed by atoms with Gasteiger partial charge in [-0.25, -0.2) is 0 Å². The molecule has 0 heterocycles. The van der Waals surface area contributed by atoms with E-state index in [-0.39, 0.29) is 16.2 Å². The van der Waals surface area contributed by atoms with Gasteiger partial charge in [0.05, 0.1) is 0 Å². The fourth-order valence-corrected chi connectivity index (χ4v) is 14.3. The van der Waals surface area contributed by atoms with Gasteiger partial charge in [0.25, 0.3) is 14.1 Å². The van der Waals surface area contributed by atoms with E-state index in [4.69, 9.17) is 0 Å². The van der Waals surface area contributed by atoms with Crippen molar-refractivity contribution in [3.05, 3.63) is 108 Å². The molecule has 0 aliphatic rings. The van der Waals surface area contributed by atoms with Crippen molar-refractivity contribution >= 4 is 14.1 Å². The van der Waals surface area contributed by atoms with Crippen LogP contribution < -0.4 is 0 Å². The molecule has 3 aromatic carbocycles. The van der Waals surface area contributed by atoms with E-state index in [1.807, 2.05) is 0 Å². The molecule has 6 atom stereocenters. The molecule has 0 aromatic heterocycles. The Morgan fingerprint density at radius 2 is 0.651 bits per heavy atom. The molecule has 0 radical (unpaired) electrons. The molecule has 0 bridgehead atoms. The summed E-state index contributed by atoms with van der Waals surface area (Å²) in [4.78, 5) is 0. The zero-order valence-electron chi connectivity index (χ0n) is 29.3. The van der Waals surface area contributed by atoms with Crippen molar-refractivity contribution in [3.8, 4) is 0 Å². The second kappa shape index (κ2) is 16.5. The zero-order chi connectivity index (χ0) is 31.5. The van der Waals surface area contributed by atoms with E-state index in [1.165, 1.54) is 54.4 Å². The van der Waals surface area contributed by atoms with Crippen molar-refractivity contribution in [1.82, 2.24) is 0 Å². The SMILES string of the molecule is CCC([CH2][Al]([CH2]C(CC)C(C)(CC)c1ccccc1)[CH2]C(CC)C(C)(CC)c1ccccc1)C(C)(CC)c1ccccc1. The number of hydrogen-bond acceptors (Lipinski definition) is 0. The maximum atomic E-state index is 2.58. The molecule has 3 rings (SSSR count). The summed E-state index contributed by atoms with van der Waals surface area (Å²) in [5.74, 6) is 2.17. The Morgan fingerprint density at radius 1 is 0.419 bits per heavy atom. The first-order chi connectivity index (χ1) is 20.7. The number of benzene rings is 3. The largest absolute Gasteiger partial charge is 0.262 e. The predicted octanol–water partition coefficient (Wildman–Crippen LogP) is 12.7. The summed E-state index contributed by atoms with van der Waals surface area (Å²) in [6.45, 7) is 22.5. The summed E-state index contributed by atoms with van der Waals surface area (Å²) in [6, 6.07) is 34.5. The summed E-state index contributed by atoms with van der Waals surface area (Å²) >= 11 is -1.17. The first-order valence-electron chi connectivity index (χ1n) is 17.8. The second-order valence-corrected chi connectivity index (χ2v) is 17.4. The van der Waals surface area contributed by atoms with Crippen molar-refractivity contribution in [1.29, 1.82) is 0 Å². The minimum absolute atomic E-state index is 0.228. The predicted molar refractivity (Wildman–Crippen MR) is 194 cm³/mol. The summed E-state index contributed by atoms with van der Waals surface area (Å²) in [7, 11) is 0. The third-order valence-corrected chi connectivity index (χ3v) is 16.2. The molecule has 0 aliphatic heterocycles. The first-order valence-corrected chi connectivity index (χ1v) is 20.3. The lowest BCUT2D eigenvalue weighted by Crippen LogP contribution is -2.40. The Morgan fingerprint density at radius 3 is 0.837 bits per heavy atom. The van der Waals surface area contributed by atoms with Crippen molar-refractivity contribution in [2.45, 2.75) is 133 Å². The van der Waals surface area contributed by atoms with E-state index in [2.05, 4.69) is 153 Å². The van der Waals surface area contributed by atoms with Gasteiger partial charge < -0.3 is 0 Å². The van der Waals surface area contributed by atoms with Crippen LogP contribution >= 0.6 is 0 Å². The van der Waals surface area contributed by atoms with E-state index in [0.29, 0.717) is 0 Å². The van der Waals surface area contributed by atoms with Crippen molar-refractivity contribution < 1.29 is 0 Å². The Bertz CT molecular complexity index is 1020. The van der Waals surface area contributed by atoms with E-state index < -0.39 is 14.1 Å². The van der Waals surface area contributed by atoms with Crippen LogP contribution in [0.15, 0.2) is 91.0 Å². The summed E-state index contributed by atoms with van der Waals surface area (Å²) < 4.78 is 0. The van der Waals surface area contributed by atoms with Gasteiger partial charge in [0.2, 0.25) is 0 Å². The molecule has 0 saturated carbocycles. The quantitative estimate of drug-likeness (QED) is 0.129. The van der Waals surface area contributed by atoms with E-state index in [1.54, 1.807) is 16.7 Å². The van der Waals surface area contributed by atoms with Crippen molar-refractivity contribution in [2.75, 3.05) is 0 Å². The molecule has 0 N–H and O–H groups in total. The molecule has 6 unspecified atom stereocenters. The monoisotopic (exact) mass is 594 g/mol. The van der Waals surface area contributed by atoms with Gasteiger partial charge in [-0.2, -0.15) is 0 Å². The van der Waals surface area contributed by atoms with Crippen LogP contribution in [-0.4, -0.2) is 14.1 Å². The fraction of sp³-hybridized carbons (Fsp3) is 0.571. The minimum atomic E-state index is -1.17. The van der Waals surface area contributed by atoms with Gasteiger partial charge in [-0.05, 0) is 70.0 Å². The molecule has 43 heavy (non-hydrogen) atoms. The second-order valence-electron chi connectivity index (χ2n) is 14.3. The van der Waals surface area contributed by atoms with Gasteiger partial charge >= 0.3 is 0 Å². The third-order valence-electron chi connectivity index (χ3n) is 12.5. The standard InChI is InChI=1S/3C14H21.Al/c3*1-5-12(3)14(4,6-2)13-10-8-7-9-11-13;/h3*7-12H,3,5-6H2,1-2,4H3;. The lowest BCUT2D eigenvalue weighted by molar-refractivity contribution is 0.272. The molecule has 0 fully saturated rings. The Kier molecular flexibility index (Phi) is 13.7. The lowest BCUT2D eigenvalue weighted by atomic mass is 9.69. The highest BCUT2D eigenvalue weighted by Crippen LogP contribution is 2.47. The lowest BCUT2D eigenvalue weighted by Gasteiger charge is -2.44. The van der Waals surface area contributed by atoms with Crippen LogP contribution in [0.25, 0.3) is 0 Å². The topological polar surface area (TPSA) is 0 Å². The average molecular weight is 595 g/mol. The highest BCUT2D eigenvalue weighted by molar-refractivity contribution is 6.59. The van der Waals surface area contributed by atoms with Crippen LogP contribution in [0.3, 0.4) is 0 Å². The smallest absolute Gasteiger partial charge is 0.0902 e. The van der Waals surface area contributed by atoms with Gasteiger partial charge in [0.1, 0.15) is 0 Å². The van der Waals surface area contributed by atoms with Gasteiger partial charge in [0, 0.05) is 0 Å². The molecule has 0 saturated heterocycles. The van der Waals surface area contributed by atoms with Crippen LogP contribution in [0.1, 0.15) is 118 Å². The van der Waals surface area contributed by atoms with Crippen molar-refractivity contribution in [3.63, 3.8) is 0 Å². The van der Waals surface area contributed by atoms with E-state index >= 15 is 0 Å². The molecule has 234 valence electrons. The van der Waals surface area contributed by atoms with Crippen LogP contribution in [0.4, 0.5) is 0 Å². The third kappa shape index (κ3) is 8.08. The molecule has 0 amide bonds. The van der Waals surface area contributed by atoms with Gasteiger partial charge in [0.15, 0.2) is 0 Å². The first kappa shape index (κ1) is 35.7. The normalized spacial score (nSPS) is 18.1. The van der Waals surface area contributed by atoms with E-state index in [0.717, 1.165) is 17.8 Å². The summed E-state index contributed by atoms with van der Waals surface area (Å²) in [6.07, 6.45) is 7.42. The maximum absolute atomic E-state index is 2.58. The minimum Gasteiger partial charge on any atom is -0.0902 e.